The summed E-state index contributed by atoms with van der Waals surface area (Å²) in [5.41, 5.74) is 0.442. The van der Waals surface area contributed by atoms with E-state index in [1.807, 2.05) is 0 Å². The van der Waals surface area contributed by atoms with Crippen molar-refractivity contribution in [3.8, 4) is 0 Å². The van der Waals surface area contributed by atoms with Crippen molar-refractivity contribution in [2.24, 2.45) is 5.41 Å². The molecule has 0 saturated carbocycles. The second kappa shape index (κ2) is 4.43. The first-order valence-electron chi connectivity index (χ1n) is 5.31. The molecule has 13 heavy (non-hydrogen) atoms. The SMILES string of the molecule is CC(CC(C)(C)C)N1CCOCC1. The highest BCUT2D eigenvalue weighted by Crippen LogP contribution is 2.23. The number of ether oxygens (including phenoxy) is 1. The van der Waals surface area contributed by atoms with Crippen LogP contribution in [0.1, 0.15) is 34.1 Å². The van der Waals surface area contributed by atoms with Gasteiger partial charge in [-0.15, -0.1) is 0 Å². The van der Waals surface area contributed by atoms with Crippen molar-refractivity contribution in [1.82, 2.24) is 4.90 Å². The average molecular weight is 185 g/mol. The smallest absolute Gasteiger partial charge is 0.0594 e. The molecule has 1 fully saturated rings. The van der Waals surface area contributed by atoms with Crippen LogP contribution in [0.3, 0.4) is 0 Å². The molecule has 0 aliphatic carbocycles. The molecule has 2 heteroatoms. The van der Waals surface area contributed by atoms with Crippen molar-refractivity contribution < 1.29 is 4.74 Å². The lowest BCUT2D eigenvalue weighted by atomic mass is 9.88. The third-order valence-corrected chi connectivity index (χ3v) is 2.58. The van der Waals surface area contributed by atoms with Crippen molar-refractivity contribution in [2.45, 2.75) is 40.2 Å². The van der Waals surface area contributed by atoms with E-state index in [1.54, 1.807) is 0 Å². The van der Waals surface area contributed by atoms with Gasteiger partial charge in [-0.1, -0.05) is 20.8 Å². The standard InChI is InChI=1S/C11H23NO/c1-10(9-11(2,3)4)12-5-7-13-8-6-12/h10H,5-9H2,1-4H3. The van der Waals surface area contributed by atoms with Crippen LogP contribution in [0.15, 0.2) is 0 Å². The van der Waals surface area contributed by atoms with Gasteiger partial charge < -0.3 is 4.74 Å². The van der Waals surface area contributed by atoms with Crippen molar-refractivity contribution in [3.05, 3.63) is 0 Å². The highest BCUT2D eigenvalue weighted by molar-refractivity contribution is 4.75. The zero-order valence-electron chi connectivity index (χ0n) is 9.47. The molecule has 1 rings (SSSR count). The van der Waals surface area contributed by atoms with Gasteiger partial charge in [-0.05, 0) is 18.8 Å². The number of hydrogen-bond acceptors (Lipinski definition) is 2. The van der Waals surface area contributed by atoms with Gasteiger partial charge in [0, 0.05) is 19.1 Å². The van der Waals surface area contributed by atoms with Gasteiger partial charge in [0.2, 0.25) is 0 Å². The Kier molecular flexibility index (Phi) is 3.74. The van der Waals surface area contributed by atoms with E-state index < -0.39 is 0 Å². The third-order valence-electron chi connectivity index (χ3n) is 2.58. The van der Waals surface area contributed by atoms with E-state index >= 15 is 0 Å². The summed E-state index contributed by atoms with van der Waals surface area (Å²) in [6.07, 6.45) is 1.27. The zero-order chi connectivity index (χ0) is 9.90. The largest absolute Gasteiger partial charge is 0.379 e. The Hall–Kier alpha value is -0.0800. The molecule has 0 aromatic heterocycles. The van der Waals surface area contributed by atoms with Crippen LogP contribution in [-0.4, -0.2) is 37.2 Å². The second-order valence-corrected chi connectivity index (χ2v) is 5.26. The Morgan fingerprint density at radius 1 is 1.23 bits per heavy atom. The predicted octanol–water partition coefficient (Wildman–Crippen LogP) is 2.14. The van der Waals surface area contributed by atoms with Gasteiger partial charge in [-0.2, -0.15) is 0 Å². The molecule has 1 aliphatic heterocycles. The Morgan fingerprint density at radius 3 is 2.23 bits per heavy atom. The van der Waals surface area contributed by atoms with E-state index in [-0.39, 0.29) is 0 Å². The highest BCUT2D eigenvalue weighted by atomic mass is 16.5. The summed E-state index contributed by atoms with van der Waals surface area (Å²) in [5, 5.41) is 0. The van der Waals surface area contributed by atoms with Gasteiger partial charge in [0.15, 0.2) is 0 Å². The number of hydrogen-bond donors (Lipinski definition) is 0. The lowest BCUT2D eigenvalue weighted by Gasteiger charge is -2.35. The van der Waals surface area contributed by atoms with Gasteiger partial charge in [0.1, 0.15) is 0 Å². The molecule has 1 unspecified atom stereocenters. The first kappa shape index (κ1) is 11.0. The molecule has 0 spiro atoms. The number of nitrogens with zero attached hydrogens (tertiary/aromatic N) is 1. The van der Waals surface area contributed by atoms with Crippen molar-refractivity contribution >= 4 is 0 Å². The molecule has 0 aromatic rings. The summed E-state index contributed by atoms with van der Waals surface area (Å²) in [7, 11) is 0. The van der Waals surface area contributed by atoms with Gasteiger partial charge in [0.25, 0.3) is 0 Å². The first-order valence-corrected chi connectivity index (χ1v) is 5.31. The zero-order valence-corrected chi connectivity index (χ0v) is 9.47. The van der Waals surface area contributed by atoms with Crippen LogP contribution in [0, 0.1) is 5.41 Å². The minimum atomic E-state index is 0.442. The normalized spacial score (nSPS) is 23.1. The van der Waals surface area contributed by atoms with E-state index in [0.717, 1.165) is 26.3 Å². The van der Waals surface area contributed by atoms with Crippen LogP contribution in [-0.2, 0) is 4.74 Å². The molecule has 1 saturated heterocycles. The third kappa shape index (κ3) is 4.10. The molecule has 0 bridgehead atoms. The summed E-state index contributed by atoms with van der Waals surface area (Å²) in [5.74, 6) is 0. The molecule has 0 N–H and O–H groups in total. The van der Waals surface area contributed by atoms with Crippen LogP contribution in [0.5, 0.6) is 0 Å². The van der Waals surface area contributed by atoms with Crippen molar-refractivity contribution in [1.29, 1.82) is 0 Å². The fourth-order valence-corrected chi connectivity index (χ4v) is 2.03. The first-order chi connectivity index (χ1) is 5.99. The van der Waals surface area contributed by atoms with Crippen molar-refractivity contribution in [2.75, 3.05) is 26.3 Å². The van der Waals surface area contributed by atoms with Gasteiger partial charge in [-0.3, -0.25) is 4.90 Å². The molecule has 1 atom stereocenters. The Balaban J connectivity index is 2.33. The molecule has 2 nitrogen and oxygen atoms in total. The van der Waals surface area contributed by atoms with Crippen molar-refractivity contribution in [3.63, 3.8) is 0 Å². The van der Waals surface area contributed by atoms with E-state index in [4.69, 9.17) is 4.74 Å². The fourth-order valence-electron chi connectivity index (χ4n) is 2.03. The Morgan fingerprint density at radius 2 is 1.77 bits per heavy atom. The quantitative estimate of drug-likeness (QED) is 0.653. The Labute approximate surface area is 82.3 Å². The molecule has 1 aliphatic rings. The van der Waals surface area contributed by atoms with Gasteiger partial charge in [0.05, 0.1) is 13.2 Å². The molecule has 0 amide bonds. The van der Waals surface area contributed by atoms with E-state index in [0.29, 0.717) is 11.5 Å². The lowest BCUT2D eigenvalue weighted by molar-refractivity contribution is 0.0122. The molecule has 0 aromatic carbocycles. The maximum Gasteiger partial charge on any atom is 0.0594 e. The lowest BCUT2D eigenvalue weighted by Crippen LogP contribution is -2.43. The summed E-state index contributed by atoms with van der Waals surface area (Å²) in [6.45, 7) is 13.3. The van der Waals surface area contributed by atoms with Crippen LogP contribution < -0.4 is 0 Å². The maximum absolute atomic E-state index is 5.34. The maximum atomic E-state index is 5.34. The summed E-state index contributed by atoms with van der Waals surface area (Å²) in [4.78, 5) is 2.54. The predicted molar refractivity (Wildman–Crippen MR) is 55.9 cm³/mol. The topological polar surface area (TPSA) is 12.5 Å². The van der Waals surface area contributed by atoms with Crippen LogP contribution in [0.25, 0.3) is 0 Å². The summed E-state index contributed by atoms with van der Waals surface area (Å²) < 4.78 is 5.34. The van der Waals surface area contributed by atoms with E-state index in [9.17, 15) is 0 Å². The second-order valence-electron chi connectivity index (χ2n) is 5.26. The number of rotatable bonds is 2. The molecule has 1 heterocycles. The minimum absolute atomic E-state index is 0.442. The highest BCUT2D eigenvalue weighted by Gasteiger charge is 2.21. The summed E-state index contributed by atoms with van der Waals surface area (Å²) in [6, 6.07) is 0.698. The van der Waals surface area contributed by atoms with E-state index in [1.165, 1.54) is 6.42 Å². The molecule has 78 valence electrons. The van der Waals surface area contributed by atoms with Gasteiger partial charge in [-0.25, -0.2) is 0 Å². The van der Waals surface area contributed by atoms with Crippen LogP contribution >= 0.6 is 0 Å². The molecular formula is C11H23NO. The van der Waals surface area contributed by atoms with Crippen LogP contribution in [0.4, 0.5) is 0 Å². The van der Waals surface area contributed by atoms with Crippen LogP contribution in [0.2, 0.25) is 0 Å². The van der Waals surface area contributed by atoms with Gasteiger partial charge >= 0.3 is 0 Å². The minimum Gasteiger partial charge on any atom is -0.379 e. The Bertz CT molecular complexity index is 145. The summed E-state index contributed by atoms with van der Waals surface area (Å²) >= 11 is 0. The monoisotopic (exact) mass is 185 g/mol. The molecule has 0 radical (unpaired) electrons. The average Bonchev–Trinajstić information content (AvgIpc) is 2.03. The molecular weight excluding hydrogens is 162 g/mol. The number of morpholine rings is 1. The van der Waals surface area contributed by atoms with E-state index in [2.05, 4.69) is 32.6 Å². The fraction of sp³-hybridized carbons (Fsp3) is 1.00.